The Hall–Kier alpha value is -6.28. The zero-order valence-electron chi connectivity index (χ0n) is 34.4. The van der Waals surface area contributed by atoms with Gasteiger partial charge in [0, 0.05) is 90.8 Å². The second-order valence-corrected chi connectivity index (χ2v) is 16.7. The predicted molar refractivity (Wildman–Crippen MR) is 225 cm³/mol. The molecule has 2 fully saturated rings. The van der Waals surface area contributed by atoms with E-state index in [2.05, 4.69) is 77.2 Å². The van der Waals surface area contributed by atoms with Crippen molar-refractivity contribution in [2.75, 3.05) is 37.6 Å². The predicted octanol–water partition coefficient (Wildman–Crippen LogP) is 6.36. The summed E-state index contributed by atoms with van der Waals surface area (Å²) in [6, 6.07) is 20.7. The van der Waals surface area contributed by atoms with E-state index in [9.17, 15) is 14.4 Å². The minimum absolute atomic E-state index is 0.0192. The lowest BCUT2D eigenvalue weighted by Gasteiger charge is -2.36. The Kier molecular flexibility index (Phi) is 10.8. The average molecular weight is 795 g/mol. The number of piperazine rings is 1. The van der Waals surface area contributed by atoms with Gasteiger partial charge in [-0.05, 0) is 79.8 Å². The second kappa shape index (κ2) is 16.2. The Morgan fingerprint density at radius 3 is 2.41 bits per heavy atom. The number of nitrogens with zero attached hydrogens (tertiary/aromatic N) is 7. The molecule has 8 rings (SSSR count). The highest BCUT2D eigenvalue weighted by atomic mass is 16.5. The number of H-pyrrole nitrogens is 1. The number of aryl methyl sites for hydroxylation is 2. The summed E-state index contributed by atoms with van der Waals surface area (Å²) >= 11 is 0. The van der Waals surface area contributed by atoms with Crippen LogP contribution in [0.1, 0.15) is 97.1 Å². The highest BCUT2D eigenvalue weighted by Gasteiger charge is 2.30. The van der Waals surface area contributed by atoms with Gasteiger partial charge in [-0.2, -0.15) is 10.1 Å². The van der Waals surface area contributed by atoms with Crippen molar-refractivity contribution < 1.29 is 18.9 Å². The molecule has 0 spiro atoms. The molecule has 4 aromatic heterocycles. The first-order valence-electron chi connectivity index (χ1n) is 20.3. The first kappa shape index (κ1) is 39.5. The maximum Gasteiger partial charge on any atom is 0.293 e. The Balaban J connectivity index is 0.870. The maximum atomic E-state index is 12.9. The molecule has 2 saturated heterocycles. The lowest BCUT2D eigenvalue weighted by molar-refractivity contribution is -0.134. The fourth-order valence-electron chi connectivity index (χ4n) is 8.04. The molecule has 59 heavy (non-hydrogen) atoms. The Morgan fingerprint density at radius 2 is 1.71 bits per heavy atom. The minimum Gasteiger partial charge on any atom is -0.369 e. The molecular weight excluding hydrogens is 745 g/mol. The number of hydrogen-bond donors (Lipinski definition) is 3. The van der Waals surface area contributed by atoms with Crippen LogP contribution in [-0.4, -0.2) is 85.7 Å². The third-order valence-electron chi connectivity index (χ3n) is 11.5. The molecule has 14 nitrogen and oxygen atoms in total. The summed E-state index contributed by atoms with van der Waals surface area (Å²) in [4.78, 5) is 55.6. The van der Waals surface area contributed by atoms with Crippen LogP contribution in [0.5, 0.6) is 0 Å². The summed E-state index contributed by atoms with van der Waals surface area (Å²) in [6.45, 7) is 16.5. The van der Waals surface area contributed by atoms with E-state index in [1.165, 1.54) is 5.69 Å². The number of rotatable bonds is 10. The van der Waals surface area contributed by atoms with E-state index in [1.807, 2.05) is 72.0 Å². The number of benzene rings is 2. The van der Waals surface area contributed by atoms with Crippen LogP contribution >= 0.6 is 0 Å². The fourth-order valence-corrected chi connectivity index (χ4v) is 8.04. The lowest BCUT2D eigenvalue weighted by Crippen LogP contribution is -2.47. The standard InChI is InChI=1S/C45H50N10O4/c1-26-23-30(9-13-34(26)27(2)48-43(58)41-50-44(59-53-41)45(4,5)6)39-37-24-31(25-46-40(37)52-51-39)29-7-11-33(12-8-29)55-21-19-54(20-22-55)18-17-32-10-14-35(28(3)47-32)36-15-16-38(56)49-42(36)57/h7-14,23-25,27,36H,15-22H2,1-6H3,(H,48,58)(H,46,51,52)(H,49,56,57)/t27-,36?/m1/s1. The molecule has 304 valence electrons. The highest BCUT2D eigenvalue weighted by Crippen LogP contribution is 2.33. The molecule has 2 aliphatic heterocycles. The topological polar surface area (TPSA) is 175 Å². The Morgan fingerprint density at radius 1 is 0.949 bits per heavy atom. The number of nitrogens with one attached hydrogen (secondary N) is 3. The van der Waals surface area contributed by atoms with Crippen LogP contribution in [0.15, 0.2) is 71.4 Å². The van der Waals surface area contributed by atoms with Crippen molar-refractivity contribution in [3.8, 4) is 22.4 Å². The smallest absolute Gasteiger partial charge is 0.293 e. The third kappa shape index (κ3) is 8.49. The van der Waals surface area contributed by atoms with Gasteiger partial charge in [-0.15, -0.1) is 0 Å². The number of piperidine rings is 1. The molecule has 6 heterocycles. The molecular formula is C45H50N10O4. The van der Waals surface area contributed by atoms with Crippen LogP contribution in [0.4, 0.5) is 5.69 Å². The first-order chi connectivity index (χ1) is 28.3. The summed E-state index contributed by atoms with van der Waals surface area (Å²) in [5.74, 6) is -0.691. The van der Waals surface area contributed by atoms with Gasteiger partial charge in [-0.1, -0.05) is 56.3 Å². The van der Waals surface area contributed by atoms with Gasteiger partial charge in [-0.25, -0.2) is 4.98 Å². The van der Waals surface area contributed by atoms with Gasteiger partial charge in [0.15, 0.2) is 5.65 Å². The zero-order valence-corrected chi connectivity index (χ0v) is 34.4. The molecule has 0 aliphatic carbocycles. The number of anilines is 1. The van der Waals surface area contributed by atoms with E-state index in [0.29, 0.717) is 24.4 Å². The van der Waals surface area contributed by atoms with Crippen LogP contribution in [0.3, 0.4) is 0 Å². The van der Waals surface area contributed by atoms with Crippen LogP contribution in [-0.2, 0) is 21.4 Å². The number of carbonyl (C=O) groups excluding carboxylic acids is 3. The molecule has 1 unspecified atom stereocenters. The molecule has 2 aromatic carbocycles. The zero-order chi connectivity index (χ0) is 41.4. The van der Waals surface area contributed by atoms with Gasteiger partial charge in [0.2, 0.25) is 17.7 Å². The fraction of sp³-hybridized carbons (Fsp3) is 0.378. The number of aromatic nitrogens is 6. The van der Waals surface area contributed by atoms with Gasteiger partial charge in [0.25, 0.3) is 11.7 Å². The van der Waals surface area contributed by atoms with Gasteiger partial charge in [0.05, 0.1) is 12.0 Å². The first-order valence-corrected chi connectivity index (χ1v) is 20.3. The van der Waals surface area contributed by atoms with Crippen molar-refractivity contribution in [3.63, 3.8) is 0 Å². The summed E-state index contributed by atoms with van der Waals surface area (Å²) in [5, 5.41) is 18.0. The van der Waals surface area contributed by atoms with Crippen molar-refractivity contribution >= 4 is 34.4 Å². The molecule has 3 N–H and O–H groups in total. The van der Waals surface area contributed by atoms with Gasteiger partial charge < -0.3 is 14.7 Å². The van der Waals surface area contributed by atoms with Crippen molar-refractivity contribution in [1.29, 1.82) is 0 Å². The van der Waals surface area contributed by atoms with Gasteiger partial charge in [-0.3, -0.25) is 34.7 Å². The Labute approximate surface area is 343 Å². The summed E-state index contributed by atoms with van der Waals surface area (Å²) in [7, 11) is 0. The lowest BCUT2D eigenvalue weighted by atomic mass is 9.89. The average Bonchev–Trinajstić information content (AvgIpc) is 3.90. The van der Waals surface area contributed by atoms with Crippen molar-refractivity contribution in [2.24, 2.45) is 0 Å². The van der Waals surface area contributed by atoms with E-state index in [4.69, 9.17) is 14.5 Å². The third-order valence-corrected chi connectivity index (χ3v) is 11.5. The van der Waals surface area contributed by atoms with Crippen LogP contribution in [0, 0.1) is 13.8 Å². The number of imide groups is 1. The largest absolute Gasteiger partial charge is 0.369 e. The van der Waals surface area contributed by atoms with Gasteiger partial charge in [0.1, 0.15) is 5.69 Å². The number of hydrogen-bond acceptors (Lipinski definition) is 11. The molecule has 0 radical (unpaired) electrons. The summed E-state index contributed by atoms with van der Waals surface area (Å²) < 4.78 is 5.31. The number of carbonyl (C=O) groups is 3. The quantitative estimate of drug-likeness (QED) is 0.132. The van der Waals surface area contributed by atoms with Gasteiger partial charge >= 0.3 is 0 Å². The Bertz CT molecular complexity index is 2530. The highest BCUT2D eigenvalue weighted by molar-refractivity contribution is 6.01. The number of aromatic amines is 1. The van der Waals surface area contributed by atoms with E-state index in [0.717, 1.165) is 95.0 Å². The van der Waals surface area contributed by atoms with Crippen molar-refractivity contribution in [2.45, 2.75) is 78.2 Å². The molecule has 3 amide bonds. The normalized spacial score (nSPS) is 17.0. The molecule has 2 aliphatic rings. The summed E-state index contributed by atoms with van der Waals surface area (Å²) in [5.41, 5.74) is 10.2. The summed E-state index contributed by atoms with van der Waals surface area (Å²) in [6.07, 6.45) is 3.62. The van der Waals surface area contributed by atoms with E-state index in [1.54, 1.807) is 0 Å². The second-order valence-electron chi connectivity index (χ2n) is 16.7. The van der Waals surface area contributed by atoms with E-state index in [-0.39, 0.29) is 40.9 Å². The molecule has 0 bridgehead atoms. The van der Waals surface area contributed by atoms with E-state index < -0.39 is 0 Å². The minimum atomic E-state index is -0.387. The SMILES string of the molecule is Cc1cc(-c2n[nH]c3ncc(-c4ccc(N5CCN(CCc6ccc(C7CCC(=O)NC7=O)c(C)n6)CC5)cc4)cc23)ccc1[C@@H](C)NC(=O)c1noc(C(C)(C)C)n1. The van der Waals surface area contributed by atoms with Crippen LogP contribution < -0.4 is 15.5 Å². The molecule has 2 atom stereocenters. The number of pyridine rings is 2. The monoisotopic (exact) mass is 794 g/mol. The van der Waals surface area contributed by atoms with Crippen molar-refractivity contribution in [1.82, 2.24) is 45.8 Å². The van der Waals surface area contributed by atoms with E-state index >= 15 is 0 Å². The molecule has 6 aromatic rings. The molecule has 0 saturated carbocycles. The van der Waals surface area contributed by atoms with Crippen molar-refractivity contribution in [3.05, 3.63) is 107 Å². The number of amides is 3. The van der Waals surface area contributed by atoms with Crippen LogP contribution in [0.25, 0.3) is 33.4 Å². The van der Waals surface area contributed by atoms with Crippen LogP contribution in [0.2, 0.25) is 0 Å². The number of fused-ring (bicyclic) bond motifs is 1. The molecule has 14 heteroatoms. The maximum absolute atomic E-state index is 12.9.